The van der Waals surface area contributed by atoms with Gasteiger partial charge in [-0.15, -0.1) is 24.0 Å². The van der Waals surface area contributed by atoms with Gasteiger partial charge in [0.15, 0.2) is 5.96 Å². The van der Waals surface area contributed by atoms with Gasteiger partial charge in [0.1, 0.15) is 0 Å². The van der Waals surface area contributed by atoms with Crippen LogP contribution in [0.3, 0.4) is 0 Å². The Kier molecular flexibility index (Phi) is 12.2. The second-order valence-electron chi connectivity index (χ2n) is 7.57. The van der Waals surface area contributed by atoms with Crippen LogP contribution in [0.5, 0.6) is 0 Å². The van der Waals surface area contributed by atoms with Gasteiger partial charge in [-0.2, -0.15) is 0 Å². The summed E-state index contributed by atoms with van der Waals surface area (Å²) in [5, 5.41) is 6.82. The average Bonchev–Trinajstić information content (AvgIpc) is 2.69. The van der Waals surface area contributed by atoms with Gasteiger partial charge < -0.3 is 21.1 Å². The first kappa shape index (κ1) is 25.6. The van der Waals surface area contributed by atoms with Crippen LogP contribution in [0.25, 0.3) is 0 Å². The number of primary amides is 1. The normalized spacial score (nSPS) is 16.2. The molecule has 8 heteroatoms. The van der Waals surface area contributed by atoms with Crippen molar-refractivity contribution in [3.05, 3.63) is 35.4 Å². The Labute approximate surface area is 191 Å². The number of carbonyl (C=O) groups is 1. The van der Waals surface area contributed by atoms with Crippen molar-refractivity contribution >= 4 is 35.8 Å². The Bertz CT molecular complexity index is 630. The zero-order valence-electron chi connectivity index (χ0n) is 17.8. The van der Waals surface area contributed by atoms with Gasteiger partial charge in [0.25, 0.3) is 0 Å². The first-order chi connectivity index (χ1) is 13.5. The van der Waals surface area contributed by atoms with Gasteiger partial charge in [-0.05, 0) is 37.0 Å². The van der Waals surface area contributed by atoms with Crippen molar-refractivity contribution in [1.29, 1.82) is 0 Å². The van der Waals surface area contributed by atoms with Crippen LogP contribution in [0.15, 0.2) is 29.3 Å². The standard InChI is InChI=1S/C21H35N5O2.HI/c1-4-23-21(24-14-17-5-7-18(8-6-17)20(22)27)25-15-19(13-16(2)3)26-9-11-28-12-10-26;/h5-8,16,19H,4,9-15H2,1-3H3,(H2,22,27)(H2,23,24,25);1H. The van der Waals surface area contributed by atoms with Gasteiger partial charge in [0.05, 0.1) is 19.8 Å². The molecule has 164 valence electrons. The molecular weight excluding hydrogens is 481 g/mol. The maximum absolute atomic E-state index is 11.2. The first-order valence-corrected chi connectivity index (χ1v) is 10.2. The Morgan fingerprint density at radius 3 is 2.41 bits per heavy atom. The number of amides is 1. The highest BCUT2D eigenvalue weighted by atomic mass is 127. The van der Waals surface area contributed by atoms with Gasteiger partial charge in [-0.1, -0.05) is 26.0 Å². The molecule has 1 heterocycles. The van der Waals surface area contributed by atoms with E-state index >= 15 is 0 Å². The molecule has 2 rings (SSSR count). The molecule has 1 aromatic rings. The minimum absolute atomic E-state index is 0. The summed E-state index contributed by atoms with van der Waals surface area (Å²) in [6.07, 6.45) is 1.14. The summed E-state index contributed by atoms with van der Waals surface area (Å²) in [5.41, 5.74) is 6.84. The molecule has 29 heavy (non-hydrogen) atoms. The zero-order chi connectivity index (χ0) is 20.4. The molecule has 0 aliphatic carbocycles. The summed E-state index contributed by atoms with van der Waals surface area (Å²) in [4.78, 5) is 18.4. The number of hydrogen-bond donors (Lipinski definition) is 3. The van der Waals surface area contributed by atoms with Crippen LogP contribution in [-0.2, 0) is 11.3 Å². The second-order valence-corrected chi connectivity index (χ2v) is 7.57. The molecule has 1 atom stereocenters. The van der Waals surface area contributed by atoms with Crippen molar-refractivity contribution in [2.45, 2.75) is 39.8 Å². The summed E-state index contributed by atoms with van der Waals surface area (Å²) in [6, 6.07) is 7.72. The third kappa shape index (κ3) is 9.31. The Morgan fingerprint density at radius 2 is 1.86 bits per heavy atom. The third-order valence-corrected chi connectivity index (χ3v) is 4.81. The summed E-state index contributed by atoms with van der Waals surface area (Å²) < 4.78 is 5.50. The van der Waals surface area contributed by atoms with Crippen LogP contribution in [0, 0.1) is 5.92 Å². The predicted molar refractivity (Wildman–Crippen MR) is 129 cm³/mol. The second kappa shape index (κ2) is 13.8. The Balaban J connectivity index is 0.00000420. The molecule has 0 spiro atoms. The number of halogens is 1. The van der Waals surface area contributed by atoms with E-state index in [-0.39, 0.29) is 24.0 Å². The van der Waals surface area contributed by atoms with Gasteiger partial charge in [0, 0.05) is 37.8 Å². The molecule has 1 fully saturated rings. The van der Waals surface area contributed by atoms with Gasteiger partial charge >= 0.3 is 0 Å². The molecule has 0 saturated carbocycles. The topological polar surface area (TPSA) is 92.0 Å². The number of hydrogen-bond acceptors (Lipinski definition) is 4. The molecule has 1 saturated heterocycles. The van der Waals surface area contributed by atoms with Gasteiger partial charge in [-0.25, -0.2) is 4.99 Å². The number of morpholine rings is 1. The number of nitrogens with zero attached hydrogens (tertiary/aromatic N) is 2. The molecule has 1 unspecified atom stereocenters. The lowest BCUT2D eigenvalue weighted by atomic mass is 10.0. The van der Waals surface area contributed by atoms with Crippen molar-refractivity contribution < 1.29 is 9.53 Å². The van der Waals surface area contributed by atoms with Crippen LogP contribution in [0.2, 0.25) is 0 Å². The molecule has 7 nitrogen and oxygen atoms in total. The van der Waals surface area contributed by atoms with E-state index in [4.69, 9.17) is 10.5 Å². The fourth-order valence-electron chi connectivity index (χ4n) is 3.35. The quantitative estimate of drug-likeness (QED) is 0.266. The van der Waals surface area contributed by atoms with Gasteiger partial charge in [0.2, 0.25) is 5.91 Å². The van der Waals surface area contributed by atoms with Crippen molar-refractivity contribution in [2.24, 2.45) is 16.6 Å². The number of ether oxygens (including phenoxy) is 1. The van der Waals surface area contributed by atoms with E-state index in [1.165, 1.54) is 0 Å². The molecule has 1 aliphatic heterocycles. The van der Waals surface area contributed by atoms with E-state index in [0.29, 0.717) is 24.1 Å². The lowest BCUT2D eigenvalue weighted by Gasteiger charge is -2.35. The van der Waals surface area contributed by atoms with E-state index in [0.717, 1.165) is 57.3 Å². The number of nitrogens with two attached hydrogens (primary N) is 1. The van der Waals surface area contributed by atoms with Gasteiger partial charge in [-0.3, -0.25) is 9.69 Å². The number of carbonyl (C=O) groups excluding carboxylic acids is 1. The minimum Gasteiger partial charge on any atom is -0.379 e. The fourth-order valence-corrected chi connectivity index (χ4v) is 3.35. The lowest BCUT2D eigenvalue weighted by Crippen LogP contribution is -2.51. The largest absolute Gasteiger partial charge is 0.379 e. The summed E-state index contributed by atoms with van der Waals surface area (Å²) >= 11 is 0. The highest BCUT2D eigenvalue weighted by Gasteiger charge is 2.22. The average molecular weight is 517 g/mol. The summed E-state index contributed by atoms with van der Waals surface area (Å²) in [5.74, 6) is 1.03. The molecule has 1 aromatic carbocycles. The highest BCUT2D eigenvalue weighted by molar-refractivity contribution is 14.0. The Morgan fingerprint density at radius 1 is 1.21 bits per heavy atom. The van der Waals surface area contributed by atoms with Crippen molar-refractivity contribution in [2.75, 3.05) is 39.4 Å². The minimum atomic E-state index is -0.413. The van der Waals surface area contributed by atoms with E-state index in [1.54, 1.807) is 12.1 Å². The number of aliphatic imine (C=N–C) groups is 1. The number of nitrogens with one attached hydrogen (secondary N) is 2. The third-order valence-electron chi connectivity index (χ3n) is 4.81. The molecule has 0 aromatic heterocycles. The van der Waals surface area contributed by atoms with Crippen LogP contribution in [-0.4, -0.2) is 62.2 Å². The van der Waals surface area contributed by atoms with Crippen LogP contribution < -0.4 is 16.4 Å². The van der Waals surface area contributed by atoms with Crippen molar-refractivity contribution in [3.8, 4) is 0 Å². The summed E-state index contributed by atoms with van der Waals surface area (Å²) in [7, 11) is 0. The van der Waals surface area contributed by atoms with E-state index in [9.17, 15) is 4.79 Å². The molecule has 1 amide bonds. The number of rotatable bonds is 9. The van der Waals surface area contributed by atoms with Crippen LogP contribution in [0.4, 0.5) is 0 Å². The lowest BCUT2D eigenvalue weighted by molar-refractivity contribution is 0.0132. The zero-order valence-corrected chi connectivity index (χ0v) is 20.1. The molecule has 1 aliphatic rings. The maximum Gasteiger partial charge on any atom is 0.248 e. The first-order valence-electron chi connectivity index (χ1n) is 10.2. The maximum atomic E-state index is 11.2. The SMILES string of the molecule is CCNC(=NCc1ccc(C(N)=O)cc1)NCC(CC(C)C)N1CCOCC1.I. The van der Waals surface area contributed by atoms with E-state index in [2.05, 4.69) is 41.3 Å². The van der Waals surface area contributed by atoms with Crippen molar-refractivity contribution in [3.63, 3.8) is 0 Å². The monoisotopic (exact) mass is 517 g/mol. The molecule has 4 N–H and O–H groups in total. The van der Waals surface area contributed by atoms with Crippen molar-refractivity contribution in [1.82, 2.24) is 15.5 Å². The van der Waals surface area contributed by atoms with E-state index in [1.807, 2.05) is 12.1 Å². The Hall–Kier alpha value is -1.39. The molecule has 0 radical (unpaired) electrons. The fraction of sp³-hybridized carbons (Fsp3) is 0.619. The van der Waals surface area contributed by atoms with E-state index < -0.39 is 5.91 Å². The summed E-state index contributed by atoms with van der Waals surface area (Å²) in [6.45, 7) is 12.4. The molecular formula is C21H36IN5O2. The number of guanidine groups is 1. The predicted octanol–water partition coefficient (Wildman–Crippen LogP) is 2.21. The highest BCUT2D eigenvalue weighted by Crippen LogP contribution is 2.13. The van der Waals surface area contributed by atoms with Crippen LogP contribution >= 0.6 is 24.0 Å². The molecule has 0 bridgehead atoms. The smallest absolute Gasteiger partial charge is 0.248 e. The number of benzene rings is 1. The van der Waals surface area contributed by atoms with Crippen LogP contribution in [0.1, 0.15) is 43.1 Å².